The Labute approximate surface area is 142 Å². The first kappa shape index (κ1) is 19.6. The highest BCUT2D eigenvalue weighted by atomic mass is 35.5. The van der Waals surface area contributed by atoms with Gasteiger partial charge in [0.25, 0.3) is 0 Å². The second kappa shape index (κ2) is 6.61. The summed E-state index contributed by atoms with van der Waals surface area (Å²) in [6.07, 6.45) is 1.32. The summed E-state index contributed by atoms with van der Waals surface area (Å²) in [5, 5.41) is 8.83. The van der Waals surface area contributed by atoms with E-state index in [2.05, 4.69) is 4.74 Å². The van der Waals surface area contributed by atoms with Gasteiger partial charge < -0.3 is 9.84 Å². The summed E-state index contributed by atoms with van der Waals surface area (Å²) in [6, 6.07) is 0.723. The van der Waals surface area contributed by atoms with Crippen molar-refractivity contribution in [3.05, 3.63) is 35.2 Å². The number of rotatable bonds is 4. The first-order valence-corrected chi connectivity index (χ1v) is 6.82. The minimum atomic E-state index is -1.48. The summed E-state index contributed by atoms with van der Waals surface area (Å²) in [4.78, 5) is 11.1. The highest BCUT2D eigenvalue weighted by Gasteiger charge is 2.61. The van der Waals surface area contributed by atoms with Crippen molar-refractivity contribution in [2.45, 2.75) is 13.8 Å². The van der Waals surface area contributed by atoms with Crippen molar-refractivity contribution in [2.75, 3.05) is 7.11 Å². The predicted octanol–water partition coefficient (Wildman–Crippen LogP) is 4.47. The van der Waals surface area contributed by atoms with E-state index in [9.17, 15) is 18.0 Å². The van der Waals surface area contributed by atoms with E-state index < -0.39 is 52.0 Å². The quantitative estimate of drug-likeness (QED) is 0.795. The van der Waals surface area contributed by atoms with Gasteiger partial charge in [0.2, 0.25) is 5.82 Å². The summed E-state index contributed by atoms with van der Waals surface area (Å²) in [5.74, 6) is -6.85. The molecule has 2 atom stereocenters. The van der Waals surface area contributed by atoms with Gasteiger partial charge in [-0.25, -0.2) is 8.78 Å². The minimum absolute atomic E-state index is 0. The molecule has 128 valence electrons. The van der Waals surface area contributed by atoms with E-state index in [1.54, 1.807) is 13.8 Å². The van der Waals surface area contributed by atoms with Gasteiger partial charge in [-0.3, -0.25) is 4.79 Å². The van der Waals surface area contributed by atoms with E-state index in [0.29, 0.717) is 0 Å². The van der Waals surface area contributed by atoms with Gasteiger partial charge in [-0.15, -0.1) is 12.4 Å². The van der Waals surface area contributed by atoms with Gasteiger partial charge in [-0.1, -0.05) is 31.5 Å². The predicted molar refractivity (Wildman–Crippen MR) is 82.3 cm³/mol. The number of benzene rings is 1. The lowest BCUT2D eigenvalue weighted by atomic mass is 10.1. The zero-order valence-corrected chi connectivity index (χ0v) is 14.1. The van der Waals surface area contributed by atoms with Crippen LogP contribution in [0.4, 0.5) is 13.2 Å². The second-order valence-electron chi connectivity index (χ2n) is 5.74. The molecule has 2 rings (SSSR count). The molecule has 1 aliphatic rings. The van der Waals surface area contributed by atoms with Crippen molar-refractivity contribution in [1.29, 1.82) is 0 Å². The standard InChI is InChI=1S/C15H14ClF3O3.ClH/c1-15(2)7(10(15)14(20)21)5-8(16)6-4-9(17)13(22-3)12(19)11(6)18;/h4-5,7,10H,1-3H3,(H,20,21);1H. The van der Waals surface area contributed by atoms with Crippen molar-refractivity contribution >= 4 is 35.0 Å². The highest BCUT2D eigenvalue weighted by Crippen LogP contribution is 2.60. The Kier molecular flexibility index (Phi) is 5.65. The van der Waals surface area contributed by atoms with Crippen LogP contribution in [0.2, 0.25) is 0 Å². The van der Waals surface area contributed by atoms with Gasteiger partial charge in [-0.05, 0) is 17.4 Å². The van der Waals surface area contributed by atoms with Crippen LogP contribution in [0.15, 0.2) is 12.1 Å². The Bertz CT molecular complexity index is 674. The Balaban J connectivity index is 0.00000264. The van der Waals surface area contributed by atoms with Crippen LogP contribution in [-0.2, 0) is 4.79 Å². The summed E-state index contributed by atoms with van der Waals surface area (Å²) in [5.41, 5.74) is -1.02. The minimum Gasteiger partial charge on any atom is -0.491 e. The van der Waals surface area contributed by atoms with E-state index >= 15 is 0 Å². The molecule has 1 aromatic carbocycles. The zero-order valence-electron chi connectivity index (χ0n) is 12.5. The van der Waals surface area contributed by atoms with E-state index in [4.69, 9.17) is 16.7 Å². The fraction of sp³-hybridized carbons (Fsp3) is 0.400. The summed E-state index contributed by atoms with van der Waals surface area (Å²) < 4.78 is 45.7. The Morgan fingerprint density at radius 2 is 1.91 bits per heavy atom. The maximum Gasteiger partial charge on any atom is 0.307 e. The van der Waals surface area contributed by atoms with Gasteiger partial charge in [0.15, 0.2) is 17.4 Å². The molecule has 8 heteroatoms. The van der Waals surface area contributed by atoms with E-state index in [-0.39, 0.29) is 17.4 Å². The topological polar surface area (TPSA) is 46.5 Å². The van der Waals surface area contributed by atoms with Gasteiger partial charge in [-0.2, -0.15) is 4.39 Å². The van der Waals surface area contributed by atoms with Crippen LogP contribution in [0, 0.1) is 34.7 Å². The first-order chi connectivity index (χ1) is 10.1. The third-order valence-corrected chi connectivity index (χ3v) is 4.41. The Morgan fingerprint density at radius 1 is 1.35 bits per heavy atom. The number of halogens is 5. The summed E-state index contributed by atoms with van der Waals surface area (Å²) >= 11 is 5.94. The first-order valence-electron chi connectivity index (χ1n) is 6.44. The molecule has 0 saturated heterocycles. The highest BCUT2D eigenvalue weighted by molar-refractivity contribution is 6.48. The van der Waals surface area contributed by atoms with E-state index in [1.165, 1.54) is 6.08 Å². The molecular weight excluding hydrogens is 356 g/mol. The lowest BCUT2D eigenvalue weighted by Crippen LogP contribution is -2.03. The van der Waals surface area contributed by atoms with Crippen molar-refractivity contribution in [1.82, 2.24) is 0 Å². The normalized spacial score (nSPS) is 22.3. The summed E-state index contributed by atoms with van der Waals surface area (Å²) in [7, 11) is 1.02. The number of allylic oxidation sites excluding steroid dienone is 1. The molecule has 0 aliphatic heterocycles. The molecule has 0 aromatic heterocycles. The monoisotopic (exact) mass is 370 g/mol. The molecule has 3 nitrogen and oxygen atoms in total. The molecule has 1 aromatic rings. The van der Waals surface area contributed by atoms with Crippen LogP contribution < -0.4 is 4.74 Å². The number of methoxy groups -OCH3 is 1. The number of aliphatic carboxylic acids is 1. The Morgan fingerprint density at radius 3 is 2.35 bits per heavy atom. The number of carboxylic acid groups (broad SMARTS) is 1. The molecule has 1 saturated carbocycles. The van der Waals surface area contributed by atoms with Gasteiger partial charge >= 0.3 is 5.97 Å². The van der Waals surface area contributed by atoms with Crippen LogP contribution >= 0.6 is 24.0 Å². The molecular formula is C15H15Cl2F3O3. The Hall–Kier alpha value is -1.40. The molecule has 0 heterocycles. The maximum atomic E-state index is 13.9. The maximum absolute atomic E-state index is 13.9. The third-order valence-electron chi connectivity index (χ3n) is 4.08. The van der Waals surface area contributed by atoms with Crippen LogP contribution in [0.1, 0.15) is 19.4 Å². The SMILES string of the molecule is COc1c(F)cc(C(Cl)=CC2C(C(=O)O)C2(C)C)c(F)c1F.Cl. The molecule has 2 unspecified atom stereocenters. The number of carboxylic acids is 1. The molecule has 1 fully saturated rings. The van der Waals surface area contributed by atoms with Gasteiger partial charge in [0.1, 0.15) is 0 Å². The van der Waals surface area contributed by atoms with Crippen molar-refractivity contribution in [3.8, 4) is 5.75 Å². The number of ether oxygens (including phenoxy) is 1. The van der Waals surface area contributed by atoms with Crippen molar-refractivity contribution in [3.63, 3.8) is 0 Å². The lowest BCUT2D eigenvalue weighted by molar-refractivity contribution is -0.139. The van der Waals surface area contributed by atoms with Crippen molar-refractivity contribution < 1.29 is 27.8 Å². The number of hydrogen-bond acceptors (Lipinski definition) is 2. The zero-order chi connectivity index (χ0) is 16.8. The molecule has 0 bridgehead atoms. The van der Waals surface area contributed by atoms with Crippen molar-refractivity contribution in [2.24, 2.45) is 17.3 Å². The van der Waals surface area contributed by atoms with Crippen LogP contribution in [0.5, 0.6) is 5.75 Å². The third kappa shape index (κ3) is 3.28. The molecule has 0 amide bonds. The average Bonchev–Trinajstić information content (AvgIpc) is 2.95. The average molecular weight is 371 g/mol. The smallest absolute Gasteiger partial charge is 0.307 e. The molecule has 23 heavy (non-hydrogen) atoms. The molecule has 0 spiro atoms. The van der Waals surface area contributed by atoms with E-state index in [1.807, 2.05) is 0 Å². The largest absolute Gasteiger partial charge is 0.491 e. The number of carbonyl (C=O) groups is 1. The summed E-state index contributed by atoms with van der Waals surface area (Å²) in [6.45, 7) is 3.45. The van der Waals surface area contributed by atoms with Crippen LogP contribution in [0.25, 0.3) is 5.03 Å². The lowest BCUT2D eigenvalue weighted by Gasteiger charge is -2.08. The van der Waals surface area contributed by atoms with Crippen LogP contribution in [0.3, 0.4) is 0 Å². The van der Waals surface area contributed by atoms with Gasteiger partial charge in [0, 0.05) is 10.6 Å². The fourth-order valence-electron chi connectivity index (χ4n) is 2.65. The van der Waals surface area contributed by atoms with Crippen LogP contribution in [-0.4, -0.2) is 18.2 Å². The van der Waals surface area contributed by atoms with Gasteiger partial charge in [0.05, 0.1) is 13.0 Å². The molecule has 1 aliphatic carbocycles. The fourth-order valence-corrected chi connectivity index (χ4v) is 2.92. The molecule has 1 N–H and O–H groups in total. The molecule has 0 radical (unpaired) electrons. The number of hydrogen-bond donors (Lipinski definition) is 1. The van der Waals surface area contributed by atoms with E-state index in [0.717, 1.165) is 13.2 Å². The second-order valence-corrected chi connectivity index (χ2v) is 6.15.